The first-order valence-corrected chi connectivity index (χ1v) is 3.74. The third-order valence-electron chi connectivity index (χ3n) is 1.47. The standard InChI is InChI=1S/C8H8F2N2O2/c1-8(9,10)7-11-3-5(4-12-7)6(13)14-2/h3-4H,1-2H3. The van der Waals surface area contributed by atoms with Gasteiger partial charge in [0.25, 0.3) is 0 Å². The first-order valence-electron chi connectivity index (χ1n) is 3.74. The fraction of sp³-hybridized carbons (Fsp3) is 0.375. The molecule has 0 bridgehead atoms. The van der Waals surface area contributed by atoms with Gasteiger partial charge in [-0.2, -0.15) is 8.78 Å². The lowest BCUT2D eigenvalue weighted by Gasteiger charge is -2.07. The average molecular weight is 202 g/mol. The molecule has 76 valence electrons. The SMILES string of the molecule is COC(=O)c1cnc(C(C)(F)F)nc1. The zero-order valence-electron chi connectivity index (χ0n) is 7.62. The number of alkyl halides is 2. The first kappa shape index (κ1) is 10.5. The van der Waals surface area contributed by atoms with Gasteiger partial charge in [0.15, 0.2) is 5.82 Å². The number of nitrogens with zero attached hydrogens (tertiary/aromatic N) is 2. The smallest absolute Gasteiger partial charge is 0.341 e. The van der Waals surface area contributed by atoms with E-state index in [1.165, 1.54) is 7.11 Å². The molecule has 0 aromatic carbocycles. The van der Waals surface area contributed by atoms with E-state index in [-0.39, 0.29) is 5.56 Å². The molecule has 0 saturated carbocycles. The third kappa shape index (κ3) is 2.21. The van der Waals surface area contributed by atoms with Crippen molar-refractivity contribution in [2.75, 3.05) is 7.11 Å². The van der Waals surface area contributed by atoms with Gasteiger partial charge in [0.1, 0.15) is 0 Å². The Kier molecular flexibility index (Phi) is 2.73. The van der Waals surface area contributed by atoms with Crippen LogP contribution >= 0.6 is 0 Å². The summed E-state index contributed by atoms with van der Waals surface area (Å²) in [5.41, 5.74) is 0.0421. The van der Waals surface area contributed by atoms with E-state index >= 15 is 0 Å². The van der Waals surface area contributed by atoms with Gasteiger partial charge in [-0.25, -0.2) is 14.8 Å². The van der Waals surface area contributed by atoms with Gasteiger partial charge in [-0.05, 0) is 0 Å². The maximum absolute atomic E-state index is 12.6. The van der Waals surface area contributed by atoms with Crippen LogP contribution in [0.2, 0.25) is 0 Å². The number of esters is 1. The predicted octanol–water partition coefficient (Wildman–Crippen LogP) is 1.37. The second kappa shape index (κ2) is 3.65. The van der Waals surface area contributed by atoms with E-state index in [9.17, 15) is 13.6 Å². The normalized spacial score (nSPS) is 11.1. The fourth-order valence-corrected chi connectivity index (χ4v) is 0.778. The zero-order chi connectivity index (χ0) is 10.8. The number of rotatable bonds is 2. The largest absolute Gasteiger partial charge is 0.465 e. The van der Waals surface area contributed by atoms with E-state index in [1.54, 1.807) is 0 Å². The maximum atomic E-state index is 12.6. The molecular formula is C8H8F2N2O2. The lowest BCUT2D eigenvalue weighted by atomic mass is 10.3. The van der Waals surface area contributed by atoms with E-state index < -0.39 is 17.7 Å². The number of carbonyl (C=O) groups excluding carboxylic acids is 1. The van der Waals surface area contributed by atoms with Crippen LogP contribution in [-0.2, 0) is 10.7 Å². The summed E-state index contributed by atoms with van der Waals surface area (Å²) < 4.78 is 29.6. The highest BCUT2D eigenvalue weighted by molar-refractivity contribution is 5.88. The molecule has 0 amide bonds. The van der Waals surface area contributed by atoms with Crippen LogP contribution in [0.5, 0.6) is 0 Å². The Hall–Kier alpha value is -1.59. The van der Waals surface area contributed by atoms with Crippen molar-refractivity contribution in [3.05, 3.63) is 23.8 Å². The Balaban J connectivity index is 2.95. The second-order valence-corrected chi connectivity index (χ2v) is 2.68. The summed E-state index contributed by atoms with van der Waals surface area (Å²) in [6.45, 7) is 0.681. The van der Waals surface area contributed by atoms with Gasteiger partial charge in [0.05, 0.1) is 12.7 Å². The summed E-state index contributed by atoms with van der Waals surface area (Å²) in [5.74, 6) is -4.38. The summed E-state index contributed by atoms with van der Waals surface area (Å²) in [6, 6.07) is 0. The summed E-state index contributed by atoms with van der Waals surface area (Å²) >= 11 is 0. The van der Waals surface area contributed by atoms with E-state index in [2.05, 4.69) is 14.7 Å². The lowest BCUT2D eigenvalue weighted by molar-refractivity contribution is 0.00749. The average Bonchev–Trinajstić information content (AvgIpc) is 2.15. The number of methoxy groups -OCH3 is 1. The van der Waals surface area contributed by atoms with E-state index in [0.29, 0.717) is 6.92 Å². The molecule has 1 rings (SSSR count). The Bertz CT molecular complexity index is 332. The molecule has 0 saturated heterocycles. The summed E-state index contributed by atoms with van der Waals surface area (Å²) in [4.78, 5) is 17.6. The van der Waals surface area contributed by atoms with Gasteiger partial charge in [-0.15, -0.1) is 0 Å². The highest BCUT2D eigenvalue weighted by Gasteiger charge is 2.28. The van der Waals surface area contributed by atoms with Crippen molar-refractivity contribution in [1.29, 1.82) is 0 Å². The molecule has 0 fully saturated rings. The number of aromatic nitrogens is 2. The van der Waals surface area contributed by atoms with Crippen molar-refractivity contribution in [3.63, 3.8) is 0 Å². The first-order chi connectivity index (χ1) is 6.45. The predicted molar refractivity (Wildman–Crippen MR) is 42.9 cm³/mol. The van der Waals surface area contributed by atoms with Crippen molar-refractivity contribution in [2.24, 2.45) is 0 Å². The highest BCUT2D eigenvalue weighted by Crippen LogP contribution is 2.22. The fourth-order valence-electron chi connectivity index (χ4n) is 0.778. The minimum atomic E-state index is -3.10. The van der Waals surface area contributed by atoms with Gasteiger partial charge in [0, 0.05) is 19.3 Å². The molecule has 4 nitrogen and oxygen atoms in total. The van der Waals surface area contributed by atoms with Crippen molar-refractivity contribution in [3.8, 4) is 0 Å². The number of carbonyl (C=O) groups is 1. The Labute approximate surface area is 78.9 Å². The quantitative estimate of drug-likeness (QED) is 0.679. The Morgan fingerprint density at radius 1 is 1.43 bits per heavy atom. The number of halogens is 2. The van der Waals surface area contributed by atoms with Crippen LogP contribution in [0.4, 0.5) is 8.78 Å². The lowest BCUT2D eigenvalue weighted by Crippen LogP contribution is -2.13. The second-order valence-electron chi connectivity index (χ2n) is 2.68. The highest BCUT2D eigenvalue weighted by atomic mass is 19.3. The molecule has 0 aliphatic carbocycles. The van der Waals surface area contributed by atoms with Crippen LogP contribution in [0.3, 0.4) is 0 Å². The maximum Gasteiger partial charge on any atom is 0.341 e. The summed E-state index contributed by atoms with van der Waals surface area (Å²) in [5, 5.41) is 0. The summed E-state index contributed by atoms with van der Waals surface area (Å²) in [7, 11) is 1.19. The molecule has 0 spiro atoms. The Morgan fingerprint density at radius 2 is 1.93 bits per heavy atom. The van der Waals surface area contributed by atoms with Crippen LogP contribution in [0.15, 0.2) is 12.4 Å². The molecular weight excluding hydrogens is 194 g/mol. The van der Waals surface area contributed by atoms with Crippen LogP contribution in [-0.4, -0.2) is 23.0 Å². The van der Waals surface area contributed by atoms with Crippen LogP contribution in [0.1, 0.15) is 23.1 Å². The number of ether oxygens (including phenoxy) is 1. The molecule has 1 aromatic heterocycles. The van der Waals surface area contributed by atoms with Gasteiger partial charge in [-0.1, -0.05) is 0 Å². The zero-order valence-corrected chi connectivity index (χ0v) is 7.62. The van der Waals surface area contributed by atoms with E-state index in [0.717, 1.165) is 12.4 Å². The monoisotopic (exact) mass is 202 g/mol. The topological polar surface area (TPSA) is 52.1 Å². The van der Waals surface area contributed by atoms with Crippen molar-refractivity contribution in [2.45, 2.75) is 12.8 Å². The molecule has 6 heteroatoms. The molecule has 0 atom stereocenters. The molecule has 0 aliphatic rings. The van der Waals surface area contributed by atoms with E-state index in [1.807, 2.05) is 0 Å². The molecule has 0 aliphatic heterocycles. The minimum Gasteiger partial charge on any atom is -0.465 e. The Morgan fingerprint density at radius 3 is 2.29 bits per heavy atom. The van der Waals surface area contributed by atoms with Crippen LogP contribution in [0, 0.1) is 0 Å². The van der Waals surface area contributed by atoms with Crippen LogP contribution < -0.4 is 0 Å². The van der Waals surface area contributed by atoms with Gasteiger partial charge in [0.2, 0.25) is 0 Å². The summed E-state index contributed by atoms with van der Waals surface area (Å²) in [6.07, 6.45) is 2.01. The van der Waals surface area contributed by atoms with Crippen molar-refractivity contribution >= 4 is 5.97 Å². The van der Waals surface area contributed by atoms with Crippen LogP contribution in [0.25, 0.3) is 0 Å². The number of hydrogen-bond acceptors (Lipinski definition) is 4. The van der Waals surface area contributed by atoms with Gasteiger partial charge < -0.3 is 4.74 Å². The molecule has 0 unspecified atom stereocenters. The molecule has 0 radical (unpaired) electrons. The minimum absolute atomic E-state index is 0.0421. The van der Waals surface area contributed by atoms with E-state index in [4.69, 9.17) is 0 Å². The van der Waals surface area contributed by atoms with Crippen molar-refractivity contribution in [1.82, 2.24) is 9.97 Å². The van der Waals surface area contributed by atoms with Gasteiger partial charge in [-0.3, -0.25) is 0 Å². The van der Waals surface area contributed by atoms with Crippen molar-refractivity contribution < 1.29 is 18.3 Å². The third-order valence-corrected chi connectivity index (χ3v) is 1.47. The molecule has 1 heterocycles. The molecule has 1 aromatic rings. The molecule has 0 N–H and O–H groups in total. The number of hydrogen-bond donors (Lipinski definition) is 0. The van der Waals surface area contributed by atoms with Gasteiger partial charge >= 0.3 is 11.9 Å². The molecule has 14 heavy (non-hydrogen) atoms.